The summed E-state index contributed by atoms with van der Waals surface area (Å²) in [4.78, 5) is -0.143. The van der Waals surface area contributed by atoms with Crippen molar-refractivity contribution in [2.45, 2.75) is 11.8 Å². The summed E-state index contributed by atoms with van der Waals surface area (Å²) in [5.41, 5.74) is 2.71. The van der Waals surface area contributed by atoms with Gasteiger partial charge in [0.15, 0.2) is 0 Å². The Hall–Kier alpha value is -2.09. The fourth-order valence-corrected chi connectivity index (χ4v) is 2.50. The third kappa shape index (κ3) is 2.84. The molecule has 2 aromatic rings. The summed E-state index contributed by atoms with van der Waals surface area (Å²) in [7, 11) is -4.29. The lowest BCUT2D eigenvalue weighted by atomic mass is 10.0. The Balaban J connectivity index is 2.73. The highest BCUT2D eigenvalue weighted by molar-refractivity contribution is 7.86. The van der Waals surface area contributed by atoms with Crippen molar-refractivity contribution in [3.05, 3.63) is 53.6 Å². The summed E-state index contributed by atoms with van der Waals surface area (Å²) >= 11 is 0. The highest BCUT2D eigenvalue weighted by atomic mass is 32.2. The van der Waals surface area contributed by atoms with Crippen molar-refractivity contribution in [2.75, 3.05) is 0 Å². The monoisotopic (exact) mass is 272 g/mol. The molecule has 0 aliphatic rings. The lowest BCUT2D eigenvalue weighted by molar-refractivity contribution is 0.483. The van der Waals surface area contributed by atoms with E-state index in [-0.39, 0.29) is 4.90 Å². The van der Waals surface area contributed by atoms with E-state index in [4.69, 9.17) is 6.42 Å². The zero-order valence-corrected chi connectivity index (χ0v) is 11.1. The molecule has 0 amide bonds. The van der Waals surface area contributed by atoms with Crippen LogP contribution in [0.2, 0.25) is 0 Å². The molecule has 0 radical (unpaired) electrons. The van der Waals surface area contributed by atoms with E-state index in [0.29, 0.717) is 16.7 Å². The van der Waals surface area contributed by atoms with Crippen molar-refractivity contribution in [1.29, 1.82) is 0 Å². The van der Waals surface area contributed by atoms with Gasteiger partial charge in [-0.2, -0.15) is 8.42 Å². The van der Waals surface area contributed by atoms with Gasteiger partial charge in [0.05, 0.1) is 0 Å². The topological polar surface area (TPSA) is 54.4 Å². The van der Waals surface area contributed by atoms with Crippen molar-refractivity contribution in [3.63, 3.8) is 0 Å². The Bertz CT molecular complexity index is 751. The van der Waals surface area contributed by atoms with E-state index in [1.54, 1.807) is 18.2 Å². The number of hydrogen-bond donors (Lipinski definition) is 1. The number of terminal acetylenes is 1. The van der Waals surface area contributed by atoms with Gasteiger partial charge in [0.1, 0.15) is 4.90 Å². The Labute approximate surface area is 112 Å². The standard InChI is InChI=1S/C15H12O3S/c1-3-12-6-9-15(19(16,17)18)14(10-12)13-7-4-11(2)5-8-13/h1,4-10H,2H3,(H,16,17,18). The molecule has 0 saturated carbocycles. The Kier molecular flexibility index (Phi) is 3.43. The average molecular weight is 272 g/mol. The van der Waals surface area contributed by atoms with Crippen LogP contribution < -0.4 is 0 Å². The highest BCUT2D eigenvalue weighted by Gasteiger charge is 2.16. The summed E-state index contributed by atoms with van der Waals surface area (Å²) in [5.74, 6) is 2.45. The number of rotatable bonds is 2. The van der Waals surface area contributed by atoms with Gasteiger partial charge in [-0.1, -0.05) is 35.7 Å². The summed E-state index contributed by atoms with van der Waals surface area (Å²) in [5, 5.41) is 0. The predicted octanol–water partition coefficient (Wildman–Crippen LogP) is 2.89. The molecular weight excluding hydrogens is 260 g/mol. The summed E-state index contributed by atoms with van der Waals surface area (Å²) in [6.45, 7) is 1.94. The van der Waals surface area contributed by atoms with E-state index < -0.39 is 10.1 Å². The van der Waals surface area contributed by atoms with Crippen LogP contribution in [0.1, 0.15) is 11.1 Å². The van der Waals surface area contributed by atoms with E-state index in [0.717, 1.165) is 5.56 Å². The second-order valence-electron chi connectivity index (χ2n) is 4.20. The molecule has 0 aliphatic heterocycles. The molecule has 0 bridgehead atoms. The largest absolute Gasteiger partial charge is 0.295 e. The van der Waals surface area contributed by atoms with Crippen LogP contribution in [0, 0.1) is 19.3 Å². The van der Waals surface area contributed by atoms with Gasteiger partial charge in [-0.15, -0.1) is 6.42 Å². The molecule has 0 heterocycles. The molecule has 2 rings (SSSR count). The van der Waals surface area contributed by atoms with Crippen LogP contribution in [0.4, 0.5) is 0 Å². The van der Waals surface area contributed by atoms with Gasteiger partial charge in [0, 0.05) is 11.1 Å². The van der Waals surface area contributed by atoms with E-state index in [1.165, 1.54) is 12.1 Å². The van der Waals surface area contributed by atoms with E-state index >= 15 is 0 Å². The van der Waals surface area contributed by atoms with Gasteiger partial charge in [-0.25, -0.2) is 0 Å². The molecule has 0 atom stereocenters. The van der Waals surface area contributed by atoms with Gasteiger partial charge < -0.3 is 0 Å². The molecule has 0 unspecified atom stereocenters. The lowest BCUT2D eigenvalue weighted by Gasteiger charge is -2.08. The SMILES string of the molecule is C#Cc1ccc(S(=O)(=O)O)c(-c2ccc(C)cc2)c1. The summed E-state index contributed by atoms with van der Waals surface area (Å²) in [6, 6.07) is 11.7. The fourth-order valence-electron chi connectivity index (χ4n) is 1.80. The first-order chi connectivity index (χ1) is 8.91. The lowest BCUT2D eigenvalue weighted by Crippen LogP contribution is -2.01. The van der Waals surface area contributed by atoms with Crippen LogP contribution in [-0.2, 0) is 10.1 Å². The Morgan fingerprint density at radius 1 is 1.11 bits per heavy atom. The quantitative estimate of drug-likeness (QED) is 0.675. The van der Waals surface area contributed by atoms with Crippen LogP contribution in [0.5, 0.6) is 0 Å². The second kappa shape index (κ2) is 4.88. The van der Waals surface area contributed by atoms with Crippen molar-refractivity contribution < 1.29 is 13.0 Å². The van der Waals surface area contributed by atoms with Crippen molar-refractivity contribution in [3.8, 4) is 23.5 Å². The van der Waals surface area contributed by atoms with Gasteiger partial charge >= 0.3 is 0 Å². The van der Waals surface area contributed by atoms with Gasteiger partial charge in [-0.3, -0.25) is 4.55 Å². The molecule has 4 heteroatoms. The molecule has 3 nitrogen and oxygen atoms in total. The van der Waals surface area contributed by atoms with Crippen LogP contribution in [0.15, 0.2) is 47.4 Å². The normalized spacial score (nSPS) is 11.0. The van der Waals surface area contributed by atoms with Crippen molar-refractivity contribution in [1.82, 2.24) is 0 Å². The van der Waals surface area contributed by atoms with E-state index in [1.807, 2.05) is 19.1 Å². The highest BCUT2D eigenvalue weighted by Crippen LogP contribution is 2.28. The zero-order chi connectivity index (χ0) is 14.0. The van der Waals surface area contributed by atoms with E-state index in [9.17, 15) is 13.0 Å². The summed E-state index contributed by atoms with van der Waals surface area (Å²) in [6.07, 6.45) is 5.32. The van der Waals surface area contributed by atoms with Crippen LogP contribution in [-0.4, -0.2) is 13.0 Å². The minimum atomic E-state index is -4.29. The maximum Gasteiger partial charge on any atom is 0.295 e. The van der Waals surface area contributed by atoms with Crippen molar-refractivity contribution >= 4 is 10.1 Å². The third-order valence-electron chi connectivity index (χ3n) is 2.79. The molecule has 0 aliphatic carbocycles. The Morgan fingerprint density at radius 3 is 2.26 bits per heavy atom. The molecular formula is C15H12O3S. The van der Waals surface area contributed by atoms with Crippen LogP contribution in [0.3, 0.4) is 0 Å². The Morgan fingerprint density at radius 2 is 1.74 bits per heavy atom. The first-order valence-corrected chi connectivity index (χ1v) is 7.01. The van der Waals surface area contributed by atoms with E-state index in [2.05, 4.69) is 5.92 Å². The fraction of sp³-hybridized carbons (Fsp3) is 0.0667. The predicted molar refractivity (Wildman–Crippen MR) is 74.4 cm³/mol. The molecule has 2 aromatic carbocycles. The smallest absolute Gasteiger partial charge is 0.282 e. The minimum Gasteiger partial charge on any atom is -0.282 e. The first kappa shape index (κ1) is 13.3. The second-order valence-corrected chi connectivity index (χ2v) is 5.59. The molecule has 0 spiro atoms. The molecule has 19 heavy (non-hydrogen) atoms. The molecule has 0 fully saturated rings. The zero-order valence-electron chi connectivity index (χ0n) is 10.3. The van der Waals surface area contributed by atoms with Gasteiger partial charge in [0.25, 0.3) is 10.1 Å². The minimum absolute atomic E-state index is 0.143. The number of benzene rings is 2. The first-order valence-electron chi connectivity index (χ1n) is 5.57. The van der Waals surface area contributed by atoms with Crippen molar-refractivity contribution in [2.24, 2.45) is 0 Å². The average Bonchev–Trinajstić information content (AvgIpc) is 2.38. The third-order valence-corrected chi connectivity index (χ3v) is 3.70. The maximum atomic E-state index is 11.4. The molecule has 1 N–H and O–H groups in total. The molecule has 0 saturated heterocycles. The maximum absolute atomic E-state index is 11.4. The molecule has 0 aromatic heterocycles. The van der Waals surface area contributed by atoms with Crippen LogP contribution in [0.25, 0.3) is 11.1 Å². The summed E-state index contributed by atoms with van der Waals surface area (Å²) < 4.78 is 32.1. The van der Waals surface area contributed by atoms with Crippen LogP contribution >= 0.6 is 0 Å². The number of hydrogen-bond acceptors (Lipinski definition) is 2. The van der Waals surface area contributed by atoms with Gasteiger partial charge in [-0.05, 0) is 30.7 Å². The molecule has 96 valence electrons. The van der Waals surface area contributed by atoms with Gasteiger partial charge in [0.2, 0.25) is 0 Å². The number of aryl methyl sites for hydroxylation is 1.